The number of carbonyl (C=O) groups is 1. The third-order valence-electron chi connectivity index (χ3n) is 5.03. The fourth-order valence-electron chi connectivity index (χ4n) is 3.34. The number of benzene rings is 2. The lowest BCUT2D eigenvalue weighted by Gasteiger charge is -2.05. The van der Waals surface area contributed by atoms with Crippen LogP contribution in [0, 0.1) is 17.8 Å². The van der Waals surface area contributed by atoms with Crippen molar-refractivity contribution in [2.75, 3.05) is 18.2 Å². The number of ether oxygens (including phenoxy) is 1. The minimum atomic E-state index is 0.0920. The lowest BCUT2D eigenvalue weighted by molar-refractivity contribution is -0.117. The number of carbonyl (C=O) groups excluding carboxylic acids is 1. The molecule has 142 valence electrons. The summed E-state index contributed by atoms with van der Waals surface area (Å²) in [4.78, 5) is 12.0. The van der Waals surface area contributed by atoms with Crippen LogP contribution in [-0.2, 0) is 11.3 Å². The molecule has 3 aromatic rings. The van der Waals surface area contributed by atoms with Crippen LogP contribution in [0.3, 0.4) is 0 Å². The number of aryl methyl sites for hydroxylation is 1. The van der Waals surface area contributed by atoms with Gasteiger partial charge in [0.1, 0.15) is 11.4 Å². The summed E-state index contributed by atoms with van der Waals surface area (Å²) in [6, 6.07) is 13.5. The number of aromatic nitrogens is 1. The van der Waals surface area contributed by atoms with Crippen molar-refractivity contribution in [1.29, 1.82) is 0 Å². The van der Waals surface area contributed by atoms with E-state index in [4.69, 9.17) is 10.5 Å². The van der Waals surface area contributed by atoms with Crippen LogP contribution in [0.25, 0.3) is 10.9 Å². The molecule has 1 fully saturated rings. The molecule has 1 aromatic heterocycles. The van der Waals surface area contributed by atoms with Crippen LogP contribution >= 0.6 is 0 Å². The largest absolute Gasteiger partial charge is 0.497 e. The van der Waals surface area contributed by atoms with Crippen LogP contribution < -0.4 is 15.8 Å². The van der Waals surface area contributed by atoms with E-state index in [1.807, 2.05) is 42.5 Å². The number of fused-ring (bicyclic) bond motifs is 1. The molecule has 5 nitrogen and oxygen atoms in total. The van der Waals surface area contributed by atoms with Gasteiger partial charge in [0, 0.05) is 35.2 Å². The first-order valence-corrected chi connectivity index (χ1v) is 9.49. The zero-order valence-electron chi connectivity index (χ0n) is 16.1. The number of rotatable bonds is 4. The number of nitrogens with two attached hydrogens (primary N) is 1. The second-order valence-electron chi connectivity index (χ2n) is 6.98. The first kappa shape index (κ1) is 18.0. The van der Waals surface area contributed by atoms with E-state index in [2.05, 4.69) is 28.6 Å². The molecule has 0 saturated heterocycles. The van der Waals surface area contributed by atoms with Gasteiger partial charge in [-0.1, -0.05) is 12.0 Å². The number of nitrogen functional groups attached to an aromatic ring is 1. The molecule has 1 saturated carbocycles. The van der Waals surface area contributed by atoms with Crippen molar-refractivity contribution in [1.82, 2.24) is 4.57 Å². The van der Waals surface area contributed by atoms with E-state index >= 15 is 0 Å². The summed E-state index contributed by atoms with van der Waals surface area (Å²) in [7, 11) is 1.65. The number of amides is 1. The van der Waals surface area contributed by atoms with Crippen LogP contribution in [0.2, 0.25) is 0 Å². The molecule has 1 aliphatic carbocycles. The Bertz CT molecular complexity index is 1110. The number of anilines is 2. The molecule has 1 amide bonds. The maximum Gasteiger partial charge on any atom is 0.227 e. The molecule has 3 N–H and O–H groups in total. The third-order valence-corrected chi connectivity index (χ3v) is 5.03. The lowest BCUT2D eigenvalue weighted by atomic mass is 10.2. The van der Waals surface area contributed by atoms with Gasteiger partial charge in [-0.3, -0.25) is 4.79 Å². The molecule has 1 aliphatic rings. The van der Waals surface area contributed by atoms with Crippen molar-refractivity contribution in [2.45, 2.75) is 26.3 Å². The lowest BCUT2D eigenvalue weighted by Crippen LogP contribution is -2.13. The van der Waals surface area contributed by atoms with Crippen molar-refractivity contribution in [3.63, 3.8) is 0 Å². The Morgan fingerprint density at radius 1 is 1.25 bits per heavy atom. The highest BCUT2D eigenvalue weighted by atomic mass is 16.5. The van der Waals surface area contributed by atoms with Gasteiger partial charge in [-0.15, -0.1) is 0 Å². The zero-order chi connectivity index (χ0) is 19.7. The van der Waals surface area contributed by atoms with Gasteiger partial charge in [0.05, 0.1) is 18.3 Å². The van der Waals surface area contributed by atoms with E-state index < -0.39 is 0 Å². The topological polar surface area (TPSA) is 69.3 Å². The Kier molecular flexibility index (Phi) is 4.70. The number of hydrogen-bond donors (Lipinski definition) is 2. The van der Waals surface area contributed by atoms with Crippen LogP contribution in [0.5, 0.6) is 5.75 Å². The molecule has 2 aromatic carbocycles. The van der Waals surface area contributed by atoms with Gasteiger partial charge in [0.2, 0.25) is 5.91 Å². The van der Waals surface area contributed by atoms with Gasteiger partial charge < -0.3 is 20.4 Å². The predicted octanol–water partition coefficient (Wildman–Crippen LogP) is 4.00. The smallest absolute Gasteiger partial charge is 0.227 e. The average molecular weight is 373 g/mol. The number of hydrogen-bond acceptors (Lipinski definition) is 3. The maximum atomic E-state index is 12.0. The molecule has 5 heteroatoms. The molecular weight excluding hydrogens is 350 g/mol. The second kappa shape index (κ2) is 7.32. The fourth-order valence-corrected chi connectivity index (χ4v) is 3.34. The number of nitrogens with one attached hydrogen (secondary N) is 1. The highest BCUT2D eigenvalue weighted by Gasteiger charge is 2.29. The van der Waals surface area contributed by atoms with Gasteiger partial charge in [-0.05, 0) is 56.0 Å². The molecule has 28 heavy (non-hydrogen) atoms. The molecule has 0 radical (unpaired) electrons. The van der Waals surface area contributed by atoms with Gasteiger partial charge >= 0.3 is 0 Å². The van der Waals surface area contributed by atoms with E-state index in [0.29, 0.717) is 5.69 Å². The minimum Gasteiger partial charge on any atom is -0.497 e. The molecule has 0 aliphatic heterocycles. The summed E-state index contributed by atoms with van der Waals surface area (Å²) in [6.45, 7) is 2.82. The predicted molar refractivity (Wildman–Crippen MR) is 112 cm³/mol. The SMILES string of the molecule is CCn1c(C#Cc2cccc(NC(=O)C3CC3)c2)c(N)c2ccc(OC)cc21. The number of methoxy groups -OCH3 is 1. The number of nitrogens with zero attached hydrogens (tertiary/aromatic N) is 1. The Balaban J connectivity index is 1.68. The van der Waals surface area contributed by atoms with Crippen LogP contribution in [0.4, 0.5) is 11.4 Å². The molecule has 1 heterocycles. The maximum absolute atomic E-state index is 12.0. The molecular formula is C23H23N3O2. The van der Waals surface area contributed by atoms with Crippen LogP contribution in [-0.4, -0.2) is 17.6 Å². The quantitative estimate of drug-likeness (QED) is 0.679. The molecule has 0 unspecified atom stereocenters. The van der Waals surface area contributed by atoms with Crippen molar-refractivity contribution in [3.8, 4) is 17.6 Å². The molecule has 0 atom stereocenters. The van der Waals surface area contributed by atoms with Gasteiger partial charge in [0.25, 0.3) is 0 Å². The molecule has 4 rings (SSSR count). The first-order valence-electron chi connectivity index (χ1n) is 9.49. The van der Waals surface area contributed by atoms with E-state index in [0.717, 1.165) is 53.0 Å². The van der Waals surface area contributed by atoms with Crippen molar-refractivity contribution in [3.05, 3.63) is 53.7 Å². The van der Waals surface area contributed by atoms with Gasteiger partial charge in [0.15, 0.2) is 0 Å². The summed E-state index contributed by atoms with van der Waals surface area (Å²) in [6.07, 6.45) is 1.97. The second-order valence-corrected chi connectivity index (χ2v) is 6.98. The molecule has 0 spiro atoms. The fraction of sp³-hybridized carbons (Fsp3) is 0.261. The highest BCUT2D eigenvalue weighted by Crippen LogP contribution is 2.31. The Morgan fingerprint density at radius 2 is 2.07 bits per heavy atom. The summed E-state index contributed by atoms with van der Waals surface area (Å²) in [5, 5.41) is 3.93. The molecule has 0 bridgehead atoms. The highest BCUT2D eigenvalue weighted by molar-refractivity contribution is 5.96. The monoisotopic (exact) mass is 373 g/mol. The summed E-state index contributed by atoms with van der Waals surface area (Å²) in [5.74, 6) is 7.47. The van der Waals surface area contributed by atoms with Crippen molar-refractivity contribution in [2.24, 2.45) is 5.92 Å². The van der Waals surface area contributed by atoms with E-state index in [1.54, 1.807) is 7.11 Å². The van der Waals surface area contributed by atoms with Crippen LogP contribution in [0.1, 0.15) is 31.0 Å². The standard InChI is InChI=1S/C23H23N3O2/c1-3-26-20(22(24)19-11-10-18(28-2)14-21(19)26)12-7-15-5-4-6-17(13-15)25-23(27)16-8-9-16/h4-6,10-11,13-14,16H,3,8-9,24H2,1-2H3,(H,25,27). The summed E-state index contributed by atoms with van der Waals surface area (Å²) in [5.41, 5.74) is 10.5. The Hall–Kier alpha value is -3.39. The Morgan fingerprint density at radius 3 is 2.79 bits per heavy atom. The Labute approximate surface area is 164 Å². The van der Waals surface area contributed by atoms with E-state index in [-0.39, 0.29) is 11.8 Å². The van der Waals surface area contributed by atoms with Crippen molar-refractivity contribution < 1.29 is 9.53 Å². The van der Waals surface area contributed by atoms with E-state index in [9.17, 15) is 4.79 Å². The van der Waals surface area contributed by atoms with Crippen LogP contribution in [0.15, 0.2) is 42.5 Å². The van der Waals surface area contributed by atoms with Crippen molar-refractivity contribution >= 4 is 28.2 Å². The minimum absolute atomic E-state index is 0.0920. The first-order chi connectivity index (χ1) is 13.6. The van der Waals surface area contributed by atoms with E-state index in [1.165, 1.54) is 0 Å². The third kappa shape index (κ3) is 3.41. The summed E-state index contributed by atoms with van der Waals surface area (Å²) >= 11 is 0. The average Bonchev–Trinajstić information content (AvgIpc) is 3.52. The summed E-state index contributed by atoms with van der Waals surface area (Å²) < 4.78 is 7.44. The zero-order valence-corrected chi connectivity index (χ0v) is 16.1. The van der Waals surface area contributed by atoms with Gasteiger partial charge in [-0.25, -0.2) is 0 Å². The normalized spacial score (nSPS) is 13.1. The van der Waals surface area contributed by atoms with Gasteiger partial charge in [-0.2, -0.15) is 0 Å².